The van der Waals surface area contributed by atoms with E-state index < -0.39 is 6.10 Å². The van der Waals surface area contributed by atoms with E-state index in [4.69, 9.17) is 14.0 Å². The number of carbonyl (C=O) groups excluding carboxylic acids is 1. The van der Waals surface area contributed by atoms with E-state index in [0.29, 0.717) is 25.3 Å². The molecule has 0 saturated carbocycles. The lowest BCUT2D eigenvalue weighted by molar-refractivity contribution is 0.0347. The number of aliphatic hydroxyl groups excluding tert-OH is 1. The van der Waals surface area contributed by atoms with Crippen molar-refractivity contribution in [3.63, 3.8) is 0 Å². The largest absolute Gasteiger partial charge is 0.454 e. The summed E-state index contributed by atoms with van der Waals surface area (Å²) >= 11 is 0. The van der Waals surface area contributed by atoms with Gasteiger partial charge in [0.1, 0.15) is 5.76 Å². The number of aliphatic hydroxyl groups is 1. The molecule has 2 aliphatic heterocycles. The molecule has 1 aromatic carbocycles. The molecule has 0 bridgehead atoms. The van der Waals surface area contributed by atoms with Gasteiger partial charge in [-0.25, -0.2) is 0 Å². The number of benzene rings is 1. The number of likely N-dealkylation sites (tertiary alicyclic amines) is 1. The van der Waals surface area contributed by atoms with E-state index in [1.165, 1.54) is 0 Å². The van der Waals surface area contributed by atoms with Crippen LogP contribution in [0.3, 0.4) is 0 Å². The minimum absolute atomic E-state index is 0.234. The molecule has 0 aliphatic carbocycles. The van der Waals surface area contributed by atoms with E-state index in [-0.39, 0.29) is 24.4 Å². The molecular formula is C19H23N3O5. The van der Waals surface area contributed by atoms with Crippen LogP contribution in [0.15, 0.2) is 22.7 Å². The van der Waals surface area contributed by atoms with Gasteiger partial charge in [-0.3, -0.25) is 9.69 Å². The number of nitrogens with one attached hydrogen (secondary N) is 1. The molecule has 1 fully saturated rings. The Morgan fingerprint density at radius 2 is 2.07 bits per heavy atom. The summed E-state index contributed by atoms with van der Waals surface area (Å²) in [6.45, 7) is 6.00. The topological polar surface area (TPSA) is 97.1 Å². The number of aryl methyl sites for hydroxylation is 2. The molecular weight excluding hydrogens is 350 g/mol. The molecule has 1 amide bonds. The van der Waals surface area contributed by atoms with Crippen LogP contribution in [0, 0.1) is 13.8 Å². The van der Waals surface area contributed by atoms with Crippen molar-refractivity contribution in [3.05, 3.63) is 40.8 Å². The first kappa shape index (κ1) is 17.8. The zero-order chi connectivity index (χ0) is 19.0. The normalized spacial score (nSPS) is 22.0. The van der Waals surface area contributed by atoms with Gasteiger partial charge in [0.25, 0.3) is 5.91 Å². The second kappa shape index (κ2) is 7.21. The molecule has 3 heterocycles. The molecule has 2 aromatic rings. The molecule has 0 radical (unpaired) electrons. The molecule has 1 saturated heterocycles. The zero-order valence-corrected chi connectivity index (χ0v) is 15.4. The van der Waals surface area contributed by atoms with Crippen LogP contribution in [0.25, 0.3) is 0 Å². The van der Waals surface area contributed by atoms with Crippen molar-refractivity contribution < 1.29 is 23.9 Å². The third-order valence-electron chi connectivity index (χ3n) is 5.07. The fourth-order valence-electron chi connectivity index (χ4n) is 3.52. The SMILES string of the molecule is Cc1cc(C(=O)N[C@@H]2CCN(Cc3cc4c(cc3C)OCO4)C[C@H]2O)no1. The lowest BCUT2D eigenvalue weighted by atomic mass is 10.00. The van der Waals surface area contributed by atoms with Crippen LogP contribution >= 0.6 is 0 Å². The average Bonchev–Trinajstić information content (AvgIpc) is 3.26. The summed E-state index contributed by atoms with van der Waals surface area (Å²) in [5.41, 5.74) is 2.51. The molecule has 0 unspecified atom stereocenters. The molecule has 8 heteroatoms. The van der Waals surface area contributed by atoms with Crippen LogP contribution in [-0.2, 0) is 6.54 Å². The smallest absolute Gasteiger partial charge is 0.273 e. The van der Waals surface area contributed by atoms with Crippen LogP contribution in [0.1, 0.15) is 33.8 Å². The highest BCUT2D eigenvalue weighted by Gasteiger charge is 2.30. The summed E-state index contributed by atoms with van der Waals surface area (Å²) < 4.78 is 15.8. The fourth-order valence-corrected chi connectivity index (χ4v) is 3.52. The lowest BCUT2D eigenvalue weighted by Crippen LogP contribution is -2.53. The first-order chi connectivity index (χ1) is 13.0. The summed E-state index contributed by atoms with van der Waals surface area (Å²) in [7, 11) is 0. The average molecular weight is 373 g/mol. The van der Waals surface area contributed by atoms with Crippen molar-refractivity contribution in [1.82, 2.24) is 15.4 Å². The molecule has 1 aromatic heterocycles. The second-order valence-corrected chi connectivity index (χ2v) is 7.13. The van der Waals surface area contributed by atoms with Crippen molar-refractivity contribution in [2.75, 3.05) is 19.9 Å². The van der Waals surface area contributed by atoms with Crippen LogP contribution in [0.5, 0.6) is 11.5 Å². The number of hydrogen-bond donors (Lipinski definition) is 2. The summed E-state index contributed by atoms with van der Waals surface area (Å²) in [6, 6.07) is 5.27. The number of carbonyl (C=O) groups is 1. The highest BCUT2D eigenvalue weighted by Crippen LogP contribution is 2.35. The van der Waals surface area contributed by atoms with Crippen LogP contribution in [-0.4, -0.2) is 53.1 Å². The van der Waals surface area contributed by atoms with Gasteiger partial charge in [-0.15, -0.1) is 0 Å². The first-order valence-electron chi connectivity index (χ1n) is 9.03. The number of piperidine rings is 1. The Morgan fingerprint density at radius 1 is 1.30 bits per heavy atom. The van der Waals surface area contributed by atoms with E-state index in [9.17, 15) is 9.90 Å². The molecule has 4 rings (SSSR count). The minimum Gasteiger partial charge on any atom is -0.454 e. The number of amides is 1. The van der Waals surface area contributed by atoms with E-state index in [2.05, 4.69) is 15.4 Å². The van der Waals surface area contributed by atoms with Gasteiger partial charge in [0.05, 0.1) is 12.1 Å². The maximum absolute atomic E-state index is 12.2. The molecule has 2 aliphatic rings. The number of nitrogens with zero attached hydrogens (tertiary/aromatic N) is 2. The maximum atomic E-state index is 12.2. The Labute approximate surface area is 157 Å². The van der Waals surface area contributed by atoms with Crippen molar-refractivity contribution >= 4 is 5.91 Å². The van der Waals surface area contributed by atoms with Crippen LogP contribution in [0.4, 0.5) is 0 Å². The Bertz CT molecular complexity index is 850. The minimum atomic E-state index is -0.648. The van der Waals surface area contributed by atoms with E-state index in [1.807, 2.05) is 19.1 Å². The maximum Gasteiger partial charge on any atom is 0.273 e. The highest BCUT2D eigenvalue weighted by molar-refractivity contribution is 5.92. The number of hydrogen-bond acceptors (Lipinski definition) is 7. The second-order valence-electron chi connectivity index (χ2n) is 7.13. The Morgan fingerprint density at radius 3 is 2.78 bits per heavy atom. The number of fused-ring (bicyclic) bond motifs is 1. The first-order valence-corrected chi connectivity index (χ1v) is 9.03. The van der Waals surface area contributed by atoms with Gasteiger partial charge < -0.3 is 24.4 Å². The molecule has 27 heavy (non-hydrogen) atoms. The van der Waals surface area contributed by atoms with Crippen LogP contribution < -0.4 is 14.8 Å². The number of rotatable bonds is 4. The Hall–Kier alpha value is -2.58. The van der Waals surface area contributed by atoms with Crippen molar-refractivity contribution in [2.24, 2.45) is 0 Å². The third kappa shape index (κ3) is 3.77. The fraction of sp³-hybridized carbons (Fsp3) is 0.474. The number of ether oxygens (including phenoxy) is 2. The van der Waals surface area contributed by atoms with Gasteiger partial charge in [-0.05, 0) is 43.5 Å². The van der Waals surface area contributed by atoms with Crippen molar-refractivity contribution in [3.8, 4) is 11.5 Å². The molecule has 2 atom stereocenters. The molecule has 8 nitrogen and oxygen atoms in total. The van der Waals surface area contributed by atoms with Gasteiger partial charge in [-0.1, -0.05) is 5.16 Å². The van der Waals surface area contributed by atoms with Gasteiger partial charge in [0, 0.05) is 25.7 Å². The molecule has 144 valence electrons. The van der Waals surface area contributed by atoms with Crippen molar-refractivity contribution in [2.45, 2.75) is 39.0 Å². The Balaban J connectivity index is 1.35. The lowest BCUT2D eigenvalue weighted by Gasteiger charge is -2.36. The van der Waals surface area contributed by atoms with Crippen molar-refractivity contribution in [1.29, 1.82) is 0 Å². The van der Waals surface area contributed by atoms with Gasteiger partial charge >= 0.3 is 0 Å². The van der Waals surface area contributed by atoms with Crippen LogP contribution in [0.2, 0.25) is 0 Å². The summed E-state index contributed by atoms with van der Waals surface area (Å²) in [5, 5.41) is 17.1. The monoisotopic (exact) mass is 373 g/mol. The summed E-state index contributed by atoms with van der Waals surface area (Å²) in [4.78, 5) is 14.4. The van der Waals surface area contributed by atoms with E-state index in [1.54, 1.807) is 13.0 Å². The number of aromatic nitrogens is 1. The van der Waals surface area contributed by atoms with Gasteiger partial charge in [-0.2, -0.15) is 0 Å². The molecule has 2 N–H and O–H groups in total. The zero-order valence-electron chi connectivity index (χ0n) is 15.4. The van der Waals surface area contributed by atoms with E-state index >= 15 is 0 Å². The van der Waals surface area contributed by atoms with Gasteiger partial charge in [0.15, 0.2) is 17.2 Å². The standard InChI is InChI=1S/C19H23N3O5/c1-11-5-17-18(26-10-25-17)7-13(11)8-22-4-3-14(16(23)9-22)20-19(24)15-6-12(2)27-21-15/h5-7,14,16,23H,3-4,8-10H2,1-2H3,(H,20,24)/t14-,16-/m1/s1. The number of β-amino-alcohol motifs (C(OH)–C–C–N with tert-alkyl or cyclic N) is 1. The van der Waals surface area contributed by atoms with Gasteiger partial charge in [0.2, 0.25) is 6.79 Å². The Kier molecular flexibility index (Phi) is 4.75. The predicted molar refractivity (Wildman–Crippen MR) is 95.7 cm³/mol. The third-order valence-corrected chi connectivity index (χ3v) is 5.07. The highest BCUT2D eigenvalue weighted by atomic mass is 16.7. The summed E-state index contributed by atoms with van der Waals surface area (Å²) in [5.74, 6) is 1.80. The van der Waals surface area contributed by atoms with E-state index in [0.717, 1.165) is 29.2 Å². The summed E-state index contributed by atoms with van der Waals surface area (Å²) in [6.07, 6.45) is 0.0119. The molecule has 0 spiro atoms. The quantitative estimate of drug-likeness (QED) is 0.836. The predicted octanol–water partition coefficient (Wildman–Crippen LogP) is 1.39.